The number of nitrogens with one attached hydrogen (secondary N) is 1. The van der Waals surface area contributed by atoms with Gasteiger partial charge in [0.2, 0.25) is 5.91 Å². The van der Waals surface area contributed by atoms with Crippen LogP contribution in [-0.2, 0) is 4.79 Å². The van der Waals surface area contributed by atoms with Crippen LogP contribution in [0.3, 0.4) is 0 Å². The van der Waals surface area contributed by atoms with Gasteiger partial charge in [0, 0.05) is 6.42 Å². The average molecular weight is 219 g/mol. The van der Waals surface area contributed by atoms with Crippen LogP contribution in [0.15, 0.2) is 0 Å². The first-order chi connectivity index (χ1) is 6.81. The van der Waals surface area contributed by atoms with Crippen molar-refractivity contribution in [3.8, 4) is 0 Å². The van der Waals surface area contributed by atoms with Gasteiger partial charge in [0.1, 0.15) is 0 Å². The van der Waals surface area contributed by atoms with E-state index >= 15 is 0 Å². The summed E-state index contributed by atoms with van der Waals surface area (Å²) in [5, 5.41) is 8.23. The molecule has 0 spiro atoms. The molecule has 0 aromatic rings. The topological polar surface area (TPSA) is 49.3 Å². The molecule has 14 heavy (non-hydrogen) atoms. The summed E-state index contributed by atoms with van der Waals surface area (Å²) in [5.74, 6) is 0.705. The molecule has 4 heteroatoms. The average Bonchev–Trinajstić information content (AvgIpc) is 2.21. The van der Waals surface area contributed by atoms with Crippen LogP contribution in [0.25, 0.3) is 0 Å². The van der Waals surface area contributed by atoms with E-state index in [1.165, 1.54) is 32.1 Å². The Balaban J connectivity index is 2.95. The maximum Gasteiger partial charge on any atom is 0.243 e. The fourth-order valence-electron chi connectivity index (χ4n) is 1.34. The molecule has 0 aromatic heterocycles. The molecule has 0 radical (unpaired) electrons. The molecule has 2 N–H and O–H groups in total. The Kier molecular flexibility index (Phi) is 10.7. The Morgan fingerprint density at radius 3 is 2.00 bits per heavy atom. The van der Waals surface area contributed by atoms with E-state index in [1.807, 2.05) is 0 Å². The van der Waals surface area contributed by atoms with Gasteiger partial charge in [0.25, 0.3) is 0 Å². The number of unbranched alkanes of at least 4 members (excludes halogenated alkanes) is 6. The lowest BCUT2D eigenvalue weighted by molar-refractivity contribution is -0.129. The highest BCUT2D eigenvalue weighted by molar-refractivity contribution is 7.80. The highest BCUT2D eigenvalue weighted by Crippen LogP contribution is 2.08. The van der Waals surface area contributed by atoms with Crippen molar-refractivity contribution in [1.29, 1.82) is 0 Å². The van der Waals surface area contributed by atoms with Crippen LogP contribution in [0.2, 0.25) is 0 Å². The Bertz CT molecular complexity index is 142. The van der Waals surface area contributed by atoms with E-state index in [2.05, 4.69) is 12.6 Å². The third-order valence-electron chi connectivity index (χ3n) is 2.19. The minimum absolute atomic E-state index is 0.278. The molecule has 0 saturated heterocycles. The number of thiol groups is 1. The van der Waals surface area contributed by atoms with Gasteiger partial charge in [-0.25, -0.2) is 5.48 Å². The number of amides is 1. The van der Waals surface area contributed by atoms with E-state index in [4.69, 9.17) is 5.21 Å². The summed E-state index contributed by atoms with van der Waals surface area (Å²) in [7, 11) is 0. The van der Waals surface area contributed by atoms with Gasteiger partial charge >= 0.3 is 0 Å². The van der Waals surface area contributed by atoms with Gasteiger partial charge in [-0.05, 0) is 18.6 Å². The number of carbonyl (C=O) groups excluding carboxylic acids is 1. The minimum atomic E-state index is -0.278. The van der Waals surface area contributed by atoms with E-state index in [0.717, 1.165) is 18.6 Å². The molecule has 0 heterocycles. The summed E-state index contributed by atoms with van der Waals surface area (Å²) >= 11 is 4.14. The maximum atomic E-state index is 10.6. The first-order valence-electron chi connectivity index (χ1n) is 5.35. The van der Waals surface area contributed by atoms with Crippen LogP contribution in [0.4, 0.5) is 0 Å². The number of hydroxylamine groups is 1. The van der Waals surface area contributed by atoms with Crippen LogP contribution in [0, 0.1) is 0 Å². The zero-order valence-electron chi connectivity index (χ0n) is 8.67. The maximum absolute atomic E-state index is 10.6. The fourth-order valence-corrected chi connectivity index (χ4v) is 1.56. The third kappa shape index (κ3) is 9.86. The van der Waals surface area contributed by atoms with Gasteiger partial charge in [-0.15, -0.1) is 0 Å². The van der Waals surface area contributed by atoms with Crippen LogP contribution >= 0.6 is 12.6 Å². The van der Waals surface area contributed by atoms with E-state index in [0.29, 0.717) is 6.42 Å². The Hall–Kier alpha value is -0.220. The molecule has 0 saturated carbocycles. The molecule has 0 aliphatic heterocycles. The summed E-state index contributed by atoms with van der Waals surface area (Å²) in [4.78, 5) is 10.6. The molecule has 1 amide bonds. The second-order valence-electron chi connectivity index (χ2n) is 3.48. The van der Waals surface area contributed by atoms with Gasteiger partial charge in [0.05, 0.1) is 0 Å². The predicted molar refractivity (Wildman–Crippen MR) is 60.7 cm³/mol. The molecule has 0 aromatic carbocycles. The Morgan fingerprint density at radius 2 is 1.50 bits per heavy atom. The molecule has 0 aliphatic carbocycles. The highest BCUT2D eigenvalue weighted by Gasteiger charge is 1.97. The van der Waals surface area contributed by atoms with Crippen molar-refractivity contribution >= 4 is 18.5 Å². The predicted octanol–water partition coefficient (Wildman–Crippen LogP) is 2.54. The summed E-state index contributed by atoms with van der Waals surface area (Å²) in [6, 6.07) is 0. The summed E-state index contributed by atoms with van der Waals surface area (Å²) in [6.45, 7) is 0. The van der Waals surface area contributed by atoms with Crippen molar-refractivity contribution in [3.63, 3.8) is 0 Å². The van der Waals surface area contributed by atoms with Crippen LogP contribution < -0.4 is 5.48 Å². The number of hydrogen-bond donors (Lipinski definition) is 3. The summed E-state index contributed by atoms with van der Waals surface area (Å²) in [5.41, 5.74) is 1.64. The quantitative estimate of drug-likeness (QED) is 0.241. The Morgan fingerprint density at radius 1 is 1.00 bits per heavy atom. The van der Waals surface area contributed by atoms with Crippen molar-refractivity contribution < 1.29 is 10.0 Å². The van der Waals surface area contributed by atoms with E-state index in [-0.39, 0.29) is 5.91 Å². The van der Waals surface area contributed by atoms with Crippen LogP contribution in [0.5, 0.6) is 0 Å². The molecule has 0 atom stereocenters. The first kappa shape index (κ1) is 13.8. The number of rotatable bonds is 9. The molecule has 0 fully saturated rings. The molecule has 0 unspecified atom stereocenters. The summed E-state index contributed by atoms with van der Waals surface area (Å²) < 4.78 is 0. The van der Waals surface area contributed by atoms with Crippen molar-refractivity contribution in [2.45, 2.75) is 51.4 Å². The lowest BCUT2D eigenvalue weighted by atomic mass is 10.1. The Labute approximate surface area is 91.6 Å². The zero-order chi connectivity index (χ0) is 10.6. The second kappa shape index (κ2) is 10.9. The second-order valence-corrected chi connectivity index (χ2v) is 3.93. The summed E-state index contributed by atoms with van der Waals surface area (Å²) in [6.07, 6.45) is 8.56. The van der Waals surface area contributed by atoms with Crippen LogP contribution in [0.1, 0.15) is 51.4 Å². The van der Waals surface area contributed by atoms with Crippen molar-refractivity contribution in [3.05, 3.63) is 0 Å². The highest BCUT2D eigenvalue weighted by atomic mass is 32.1. The number of carbonyl (C=O) groups is 1. The van der Waals surface area contributed by atoms with Crippen LogP contribution in [-0.4, -0.2) is 16.9 Å². The molecular weight excluding hydrogens is 198 g/mol. The molecule has 0 bridgehead atoms. The van der Waals surface area contributed by atoms with E-state index in [1.54, 1.807) is 5.48 Å². The smallest absolute Gasteiger partial charge is 0.243 e. The SMILES string of the molecule is O=C(CCCCCCCCCS)NO. The van der Waals surface area contributed by atoms with Crippen molar-refractivity contribution in [2.75, 3.05) is 5.75 Å². The van der Waals surface area contributed by atoms with Crippen molar-refractivity contribution in [1.82, 2.24) is 5.48 Å². The molecule has 84 valence electrons. The largest absolute Gasteiger partial charge is 0.289 e. The van der Waals surface area contributed by atoms with Gasteiger partial charge in [-0.1, -0.05) is 32.1 Å². The molecule has 3 nitrogen and oxygen atoms in total. The van der Waals surface area contributed by atoms with Crippen molar-refractivity contribution in [2.24, 2.45) is 0 Å². The van der Waals surface area contributed by atoms with Gasteiger partial charge < -0.3 is 0 Å². The van der Waals surface area contributed by atoms with E-state index in [9.17, 15) is 4.79 Å². The van der Waals surface area contributed by atoms with E-state index < -0.39 is 0 Å². The standard InChI is InChI=1S/C10H21NO2S/c12-10(11-13)8-6-4-2-1-3-5-7-9-14/h13-14H,1-9H2,(H,11,12). The third-order valence-corrected chi connectivity index (χ3v) is 2.50. The lowest BCUT2D eigenvalue weighted by Gasteiger charge is -2.00. The molecule has 0 rings (SSSR count). The monoisotopic (exact) mass is 219 g/mol. The lowest BCUT2D eigenvalue weighted by Crippen LogP contribution is -2.17. The molecular formula is C10H21NO2S. The van der Waals surface area contributed by atoms with Gasteiger partial charge in [-0.3, -0.25) is 10.0 Å². The number of hydrogen-bond acceptors (Lipinski definition) is 3. The fraction of sp³-hybridized carbons (Fsp3) is 0.900. The van der Waals surface area contributed by atoms with Gasteiger partial charge in [-0.2, -0.15) is 12.6 Å². The minimum Gasteiger partial charge on any atom is -0.289 e. The van der Waals surface area contributed by atoms with Gasteiger partial charge in [0.15, 0.2) is 0 Å². The normalized spacial score (nSPS) is 10.1. The zero-order valence-corrected chi connectivity index (χ0v) is 9.56. The molecule has 0 aliphatic rings. The first-order valence-corrected chi connectivity index (χ1v) is 5.98.